The van der Waals surface area contributed by atoms with Crippen LogP contribution >= 0.6 is 0 Å². The fourth-order valence-corrected chi connectivity index (χ4v) is 2.52. The van der Waals surface area contributed by atoms with Crippen LogP contribution in [0, 0.1) is 0 Å². The number of pyridine rings is 2. The minimum atomic E-state index is 0. The van der Waals surface area contributed by atoms with Crippen molar-refractivity contribution in [3.05, 3.63) is 164 Å². The number of aromatic nitrogens is 2. The van der Waals surface area contributed by atoms with E-state index < -0.39 is 0 Å². The molecule has 0 saturated carbocycles. The zero-order chi connectivity index (χ0) is 25.0. The van der Waals surface area contributed by atoms with Gasteiger partial charge in [0.15, 0.2) is 11.6 Å². The van der Waals surface area contributed by atoms with Crippen molar-refractivity contribution in [1.82, 2.24) is 9.97 Å². The molecule has 2 aromatic heterocycles. The number of benzene rings is 2. The molecule has 0 fully saturated rings. The molecule has 0 amide bonds. The van der Waals surface area contributed by atoms with Gasteiger partial charge in [-0.05, 0) is 24.3 Å². The molecule has 0 N–H and O–H groups in total. The van der Waals surface area contributed by atoms with Crippen molar-refractivity contribution in [3.8, 4) is 0 Å². The second-order valence-electron chi connectivity index (χ2n) is 6.04. The summed E-state index contributed by atoms with van der Waals surface area (Å²) < 4.78 is 0. The van der Waals surface area contributed by atoms with Crippen LogP contribution in [0.25, 0.3) is 31.9 Å². The molecule has 177 valence electrons. The maximum absolute atomic E-state index is 11.8. The van der Waals surface area contributed by atoms with Gasteiger partial charge in [-0.15, -0.1) is 0 Å². The van der Waals surface area contributed by atoms with Gasteiger partial charge in [0, 0.05) is 47.0 Å². The van der Waals surface area contributed by atoms with Crippen LogP contribution in [-0.2, 0) is 17.1 Å². The van der Waals surface area contributed by atoms with Gasteiger partial charge in [0.05, 0.1) is 0 Å². The molecule has 2 heterocycles. The van der Waals surface area contributed by atoms with E-state index in [0.29, 0.717) is 22.3 Å². The normalized spacial score (nSPS) is 8.23. The summed E-state index contributed by atoms with van der Waals surface area (Å²) in [7, 11) is 0. The Hall–Kier alpha value is -4.78. The topological polar surface area (TPSA) is 177 Å². The van der Waals surface area contributed by atoms with Crippen LogP contribution in [0.2, 0.25) is 0 Å². The van der Waals surface area contributed by atoms with Crippen LogP contribution in [0.4, 0.5) is 0 Å². The van der Waals surface area contributed by atoms with Crippen molar-refractivity contribution < 1.29 is 26.7 Å². The molecule has 4 aromatic rings. The number of ketones is 2. The maximum atomic E-state index is 11.8. The third-order valence-corrected chi connectivity index (χ3v) is 3.96. The van der Waals surface area contributed by atoms with Crippen molar-refractivity contribution in [1.29, 1.82) is 0 Å². The Kier molecular flexibility index (Phi) is 16.2. The summed E-state index contributed by atoms with van der Waals surface area (Å²) in [6.07, 6.45) is 6.48. The number of carbonyl (C=O) groups is 2. The van der Waals surface area contributed by atoms with E-state index in [1.165, 1.54) is 9.82 Å². The molecular weight excluding hydrogens is 496 g/mol. The van der Waals surface area contributed by atoms with E-state index in [4.69, 9.17) is 22.1 Å². The summed E-state index contributed by atoms with van der Waals surface area (Å²) in [5.41, 5.74) is 29.8. The van der Waals surface area contributed by atoms with Crippen molar-refractivity contribution >= 4 is 11.6 Å². The first kappa shape index (κ1) is 30.2. The Morgan fingerprint density at radius 1 is 0.486 bits per heavy atom. The Morgan fingerprint density at radius 2 is 0.714 bits per heavy atom. The quantitative estimate of drug-likeness (QED) is 0.101. The number of hydrogen-bond acceptors (Lipinski definition) is 4. The Bertz CT molecular complexity index is 1030. The van der Waals surface area contributed by atoms with Crippen molar-refractivity contribution in [3.63, 3.8) is 0 Å². The molecule has 11 heteroatoms. The number of rotatable bonds is 4. The Morgan fingerprint density at radius 3 is 0.971 bits per heavy atom. The van der Waals surface area contributed by atoms with Crippen LogP contribution in [0.5, 0.6) is 0 Å². The zero-order valence-corrected chi connectivity index (χ0v) is 19.0. The number of nitrogens with zero attached hydrogens (tertiary/aromatic N) is 8. The van der Waals surface area contributed by atoms with Gasteiger partial charge in [-0.3, -0.25) is 29.4 Å². The van der Waals surface area contributed by atoms with E-state index in [2.05, 4.69) is 9.97 Å². The fourth-order valence-electron chi connectivity index (χ4n) is 2.52. The van der Waals surface area contributed by atoms with Crippen molar-refractivity contribution in [2.45, 2.75) is 0 Å². The van der Waals surface area contributed by atoms with Gasteiger partial charge in [0.2, 0.25) is 0 Å². The van der Waals surface area contributed by atoms with Gasteiger partial charge in [-0.1, -0.05) is 60.7 Å². The largest absolute Gasteiger partial charge is 2.00 e. The average Bonchev–Trinajstić information content (AvgIpc) is 2.91. The summed E-state index contributed by atoms with van der Waals surface area (Å²) in [6.45, 7) is 0. The standard InChI is InChI=1S/2C12H9NO.Cu.2N3/c2*14-12(10-4-2-1-3-5-10)11-6-8-13-9-7-11;;2*1-3-2/h2*1-9H;;;/q;;+2;2*-1. The molecular formula is C24H18CuN8O2. The van der Waals surface area contributed by atoms with Gasteiger partial charge in [0.1, 0.15) is 0 Å². The molecule has 0 aliphatic carbocycles. The van der Waals surface area contributed by atoms with E-state index in [1.807, 2.05) is 60.7 Å². The first-order chi connectivity index (χ1) is 16.6. The predicted octanol–water partition coefficient (Wildman–Crippen LogP) is 6.35. The summed E-state index contributed by atoms with van der Waals surface area (Å²) in [4.78, 5) is 34.4. The molecule has 0 saturated heterocycles. The van der Waals surface area contributed by atoms with E-state index in [9.17, 15) is 9.59 Å². The molecule has 1 radical (unpaired) electrons. The van der Waals surface area contributed by atoms with Gasteiger partial charge in [-0.25, -0.2) is 0 Å². The van der Waals surface area contributed by atoms with Gasteiger partial charge < -0.3 is 22.1 Å². The van der Waals surface area contributed by atoms with Crippen LogP contribution < -0.4 is 0 Å². The molecule has 0 spiro atoms. The SMILES string of the molecule is O=C(c1ccccc1)c1ccncc1.O=C(c1ccccc1)c1ccncc1.[Cu+2].[N-]=[N+]=[N-].[N-]=[N+]=[N-]. The van der Waals surface area contributed by atoms with E-state index in [-0.39, 0.29) is 28.6 Å². The molecule has 0 bridgehead atoms. The molecule has 2 aromatic carbocycles. The molecule has 35 heavy (non-hydrogen) atoms. The van der Waals surface area contributed by atoms with Gasteiger partial charge in [0.25, 0.3) is 0 Å². The zero-order valence-electron chi connectivity index (χ0n) is 18.1. The fraction of sp³-hybridized carbons (Fsp3) is 0. The Labute approximate surface area is 212 Å². The predicted molar refractivity (Wildman–Crippen MR) is 128 cm³/mol. The molecule has 0 unspecified atom stereocenters. The first-order valence-corrected chi connectivity index (χ1v) is 9.55. The summed E-state index contributed by atoms with van der Waals surface area (Å²) in [5.74, 6) is 0.0704. The molecule has 0 atom stereocenters. The summed E-state index contributed by atoms with van der Waals surface area (Å²) in [5, 5.41) is 0. The van der Waals surface area contributed by atoms with Crippen LogP contribution in [0.15, 0.2) is 110 Å². The number of hydrogen-bond donors (Lipinski definition) is 0. The van der Waals surface area contributed by atoms with Crippen molar-refractivity contribution in [2.75, 3.05) is 0 Å². The maximum Gasteiger partial charge on any atom is 2.00 e. The molecule has 4 rings (SSSR count). The smallest absolute Gasteiger partial charge is 0.373 e. The second kappa shape index (κ2) is 18.8. The van der Waals surface area contributed by atoms with E-state index in [0.717, 1.165) is 0 Å². The third-order valence-electron chi connectivity index (χ3n) is 3.96. The van der Waals surface area contributed by atoms with E-state index in [1.54, 1.807) is 49.1 Å². The summed E-state index contributed by atoms with van der Waals surface area (Å²) in [6, 6.07) is 25.3. The minimum Gasteiger partial charge on any atom is -0.373 e. The third kappa shape index (κ3) is 11.6. The Balaban J connectivity index is 0.000000528. The average molecular weight is 514 g/mol. The molecule has 10 nitrogen and oxygen atoms in total. The van der Waals surface area contributed by atoms with Crippen LogP contribution in [-0.4, -0.2) is 21.5 Å². The molecule has 0 aliphatic heterocycles. The van der Waals surface area contributed by atoms with Crippen LogP contribution in [0.3, 0.4) is 0 Å². The number of carbonyl (C=O) groups excluding carboxylic acids is 2. The van der Waals surface area contributed by atoms with Gasteiger partial charge >= 0.3 is 17.1 Å². The monoisotopic (exact) mass is 513 g/mol. The first-order valence-electron chi connectivity index (χ1n) is 9.55. The summed E-state index contributed by atoms with van der Waals surface area (Å²) >= 11 is 0. The molecule has 0 aliphatic rings. The minimum absolute atomic E-state index is 0. The van der Waals surface area contributed by atoms with E-state index >= 15 is 0 Å². The second-order valence-corrected chi connectivity index (χ2v) is 6.04. The van der Waals surface area contributed by atoms with Crippen molar-refractivity contribution in [2.24, 2.45) is 0 Å². The van der Waals surface area contributed by atoms with Gasteiger partial charge in [-0.2, -0.15) is 0 Å². The van der Waals surface area contributed by atoms with Crippen LogP contribution in [0.1, 0.15) is 31.8 Å².